The number of carbonyl (C=O) groups is 1. The number of hydrogen-bond donors (Lipinski definition) is 3. The van der Waals surface area contributed by atoms with Crippen LogP contribution in [0.4, 0.5) is 17.2 Å². The van der Waals surface area contributed by atoms with Crippen LogP contribution >= 0.6 is 0 Å². The standard InChI is InChI=1S/C14H15N5O/c15-5-3-12-16-6-4-13(19-12)17-10-1-2-11-9(7-10)8-14(20)18-11/h1-2,4,6-7H,3,5,8,15H2,(H,18,20)(H,16,17,19). The van der Waals surface area contributed by atoms with E-state index in [1.54, 1.807) is 12.3 Å². The van der Waals surface area contributed by atoms with E-state index in [9.17, 15) is 4.79 Å². The average Bonchev–Trinajstić information content (AvgIpc) is 2.79. The van der Waals surface area contributed by atoms with E-state index < -0.39 is 0 Å². The van der Waals surface area contributed by atoms with Crippen LogP contribution < -0.4 is 16.4 Å². The van der Waals surface area contributed by atoms with Crippen molar-refractivity contribution in [1.29, 1.82) is 0 Å². The minimum Gasteiger partial charge on any atom is -0.340 e. The Balaban J connectivity index is 1.80. The van der Waals surface area contributed by atoms with E-state index in [1.165, 1.54) is 0 Å². The van der Waals surface area contributed by atoms with E-state index in [2.05, 4.69) is 20.6 Å². The molecule has 0 radical (unpaired) electrons. The monoisotopic (exact) mass is 269 g/mol. The lowest BCUT2D eigenvalue weighted by Crippen LogP contribution is -2.07. The summed E-state index contributed by atoms with van der Waals surface area (Å²) in [5, 5.41) is 6.02. The van der Waals surface area contributed by atoms with Gasteiger partial charge >= 0.3 is 0 Å². The van der Waals surface area contributed by atoms with Crippen molar-refractivity contribution in [3.63, 3.8) is 0 Å². The maximum absolute atomic E-state index is 11.3. The number of anilines is 3. The van der Waals surface area contributed by atoms with Crippen molar-refractivity contribution in [1.82, 2.24) is 9.97 Å². The second-order valence-electron chi connectivity index (χ2n) is 4.62. The first-order valence-electron chi connectivity index (χ1n) is 6.46. The molecule has 20 heavy (non-hydrogen) atoms. The van der Waals surface area contributed by atoms with Gasteiger partial charge in [0.15, 0.2) is 0 Å². The van der Waals surface area contributed by atoms with Crippen LogP contribution in [0.3, 0.4) is 0 Å². The highest BCUT2D eigenvalue weighted by molar-refractivity contribution is 5.99. The van der Waals surface area contributed by atoms with Gasteiger partial charge in [0, 0.05) is 24.0 Å². The van der Waals surface area contributed by atoms with Crippen LogP contribution in [0.5, 0.6) is 0 Å². The lowest BCUT2D eigenvalue weighted by atomic mass is 10.1. The number of hydrogen-bond acceptors (Lipinski definition) is 5. The Morgan fingerprint density at radius 1 is 1.35 bits per heavy atom. The fourth-order valence-corrected chi connectivity index (χ4v) is 2.17. The quantitative estimate of drug-likeness (QED) is 0.776. The molecule has 0 fully saturated rings. The van der Waals surface area contributed by atoms with Crippen LogP contribution in [0, 0.1) is 0 Å². The highest BCUT2D eigenvalue weighted by Crippen LogP contribution is 2.27. The summed E-state index contributed by atoms with van der Waals surface area (Å²) in [6, 6.07) is 7.56. The molecule has 0 saturated heterocycles. The first-order chi connectivity index (χ1) is 9.74. The summed E-state index contributed by atoms with van der Waals surface area (Å²) in [7, 11) is 0. The van der Waals surface area contributed by atoms with E-state index in [1.807, 2.05) is 18.2 Å². The van der Waals surface area contributed by atoms with Gasteiger partial charge in [0.25, 0.3) is 0 Å². The molecule has 0 spiro atoms. The summed E-state index contributed by atoms with van der Waals surface area (Å²) in [6.07, 6.45) is 2.78. The molecule has 1 amide bonds. The first-order valence-corrected chi connectivity index (χ1v) is 6.46. The van der Waals surface area contributed by atoms with Crippen molar-refractivity contribution >= 4 is 23.1 Å². The average molecular weight is 269 g/mol. The summed E-state index contributed by atoms with van der Waals surface area (Å²) in [6.45, 7) is 0.524. The molecule has 0 aliphatic carbocycles. The molecule has 0 unspecified atom stereocenters. The van der Waals surface area contributed by atoms with Gasteiger partial charge in [0.05, 0.1) is 6.42 Å². The molecule has 6 heteroatoms. The number of nitrogens with one attached hydrogen (secondary N) is 2. The van der Waals surface area contributed by atoms with Gasteiger partial charge in [-0.05, 0) is 36.4 Å². The minimum absolute atomic E-state index is 0.0319. The molecule has 1 aromatic heterocycles. The largest absolute Gasteiger partial charge is 0.340 e. The van der Waals surface area contributed by atoms with E-state index in [4.69, 9.17) is 5.73 Å². The van der Waals surface area contributed by atoms with E-state index in [-0.39, 0.29) is 5.91 Å². The lowest BCUT2D eigenvalue weighted by Gasteiger charge is -2.08. The Morgan fingerprint density at radius 3 is 3.10 bits per heavy atom. The zero-order valence-electron chi connectivity index (χ0n) is 10.9. The van der Waals surface area contributed by atoms with Crippen LogP contribution in [-0.2, 0) is 17.6 Å². The van der Waals surface area contributed by atoms with Crippen molar-refractivity contribution in [3.8, 4) is 0 Å². The van der Waals surface area contributed by atoms with Gasteiger partial charge in [0.1, 0.15) is 11.6 Å². The Hall–Kier alpha value is -2.47. The maximum Gasteiger partial charge on any atom is 0.228 e. The molecule has 4 N–H and O–H groups in total. The molecule has 0 bridgehead atoms. The molecule has 0 saturated carbocycles. The molecule has 1 aliphatic heterocycles. The number of nitrogens with two attached hydrogens (primary N) is 1. The normalized spacial score (nSPS) is 12.9. The Labute approximate surface area is 116 Å². The zero-order chi connectivity index (χ0) is 13.9. The molecule has 1 aromatic carbocycles. The van der Waals surface area contributed by atoms with Gasteiger partial charge in [-0.3, -0.25) is 4.79 Å². The third-order valence-electron chi connectivity index (χ3n) is 3.08. The predicted molar refractivity (Wildman–Crippen MR) is 76.8 cm³/mol. The predicted octanol–water partition coefficient (Wildman–Crippen LogP) is 1.22. The summed E-state index contributed by atoms with van der Waals surface area (Å²) < 4.78 is 0. The third kappa shape index (κ3) is 2.60. The van der Waals surface area contributed by atoms with Crippen molar-refractivity contribution < 1.29 is 4.79 Å². The molecule has 2 heterocycles. The van der Waals surface area contributed by atoms with Crippen LogP contribution in [0.15, 0.2) is 30.5 Å². The Bertz CT molecular complexity index is 656. The zero-order valence-corrected chi connectivity index (χ0v) is 10.9. The number of nitrogens with zero attached hydrogens (tertiary/aromatic N) is 2. The number of carbonyl (C=O) groups excluding carboxylic acids is 1. The maximum atomic E-state index is 11.3. The summed E-state index contributed by atoms with van der Waals surface area (Å²) >= 11 is 0. The SMILES string of the molecule is NCCc1nccc(Nc2ccc3c(c2)CC(=O)N3)n1. The van der Waals surface area contributed by atoms with Gasteiger partial charge in [-0.2, -0.15) is 0 Å². The topological polar surface area (TPSA) is 92.9 Å². The van der Waals surface area contributed by atoms with Crippen LogP contribution in [-0.4, -0.2) is 22.4 Å². The summed E-state index contributed by atoms with van der Waals surface area (Å²) in [5.41, 5.74) is 8.28. The van der Waals surface area contributed by atoms with Crippen molar-refractivity contribution in [2.24, 2.45) is 5.73 Å². The summed E-state index contributed by atoms with van der Waals surface area (Å²) in [5.74, 6) is 1.47. The second-order valence-corrected chi connectivity index (χ2v) is 4.62. The van der Waals surface area contributed by atoms with Crippen LogP contribution in [0.2, 0.25) is 0 Å². The minimum atomic E-state index is 0.0319. The second kappa shape index (κ2) is 5.26. The molecular formula is C14H15N5O. The number of benzene rings is 1. The molecule has 2 aromatic rings. The molecule has 6 nitrogen and oxygen atoms in total. The third-order valence-corrected chi connectivity index (χ3v) is 3.08. The molecule has 3 rings (SSSR count). The van der Waals surface area contributed by atoms with Gasteiger partial charge in [-0.15, -0.1) is 0 Å². The van der Waals surface area contributed by atoms with Gasteiger partial charge in [0.2, 0.25) is 5.91 Å². The van der Waals surface area contributed by atoms with E-state index in [0.29, 0.717) is 19.4 Å². The first kappa shape index (κ1) is 12.6. The Kier molecular flexibility index (Phi) is 3.30. The van der Waals surface area contributed by atoms with Gasteiger partial charge in [-0.25, -0.2) is 9.97 Å². The van der Waals surface area contributed by atoms with Crippen molar-refractivity contribution in [3.05, 3.63) is 41.9 Å². The van der Waals surface area contributed by atoms with Gasteiger partial charge in [-0.1, -0.05) is 0 Å². The number of aromatic nitrogens is 2. The van der Waals surface area contributed by atoms with Crippen molar-refractivity contribution in [2.75, 3.05) is 17.2 Å². The highest BCUT2D eigenvalue weighted by Gasteiger charge is 2.17. The van der Waals surface area contributed by atoms with Crippen LogP contribution in [0.1, 0.15) is 11.4 Å². The van der Waals surface area contributed by atoms with E-state index in [0.717, 1.165) is 28.6 Å². The summed E-state index contributed by atoms with van der Waals surface area (Å²) in [4.78, 5) is 19.9. The van der Waals surface area contributed by atoms with E-state index >= 15 is 0 Å². The fourth-order valence-electron chi connectivity index (χ4n) is 2.17. The molecule has 0 atom stereocenters. The number of amides is 1. The Morgan fingerprint density at radius 2 is 2.25 bits per heavy atom. The smallest absolute Gasteiger partial charge is 0.228 e. The molecular weight excluding hydrogens is 254 g/mol. The molecule has 102 valence electrons. The van der Waals surface area contributed by atoms with Crippen LogP contribution in [0.25, 0.3) is 0 Å². The lowest BCUT2D eigenvalue weighted by molar-refractivity contribution is -0.115. The molecule has 1 aliphatic rings. The fraction of sp³-hybridized carbons (Fsp3) is 0.214. The number of fused-ring (bicyclic) bond motifs is 1. The number of rotatable bonds is 4. The van der Waals surface area contributed by atoms with Gasteiger partial charge < -0.3 is 16.4 Å². The highest BCUT2D eigenvalue weighted by atomic mass is 16.1. The van der Waals surface area contributed by atoms with Crippen molar-refractivity contribution in [2.45, 2.75) is 12.8 Å².